The van der Waals surface area contributed by atoms with Gasteiger partial charge in [0, 0.05) is 24.5 Å². The zero-order chi connectivity index (χ0) is 16.7. The van der Waals surface area contributed by atoms with Gasteiger partial charge < -0.3 is 5.73 Å². The summed E-state index contributed by atoms with van der Waals surface area (Å²) in [5, 5.41) is 0. The van der Waals surface area contributed by atoms with Crippen molar-refractivity contribution in [3.63, 3.8) is 0 Å². The predicted molar refractivity (Wildman–Crippen MR) is 93.5 cm³/mol. The molecule has 1 atom stereocenters. The zero-order valence-electron chi connectivity index (χ0n) is 14.2. The van der Waals surface area contributed by atoms with Gasteiger partial charge in [-0.2, -0.15) is 0 Å². The molecule has 2 aliphatic carbocycles. The lowest BCUT2D eigenvalue weighted by atomic mass is 9.87. The van der Waals surface area contributed by atoms with E-state index in [1.54, 1.807) is 0 Å². The van der Waals surface area contributed by atoms with E-state index in [1.807, 2.05) is 13.1 Å². The van der Waals surface area contributed by atoms with Gasteiger partial charge in [0.25, 0.3) is 0 Å². The van der Waals surface area contributed by atoms with Gasteiger partial charge in [-0.25, -0.2) is 4.98 Å². The van der Waals surface area contributed by atoms with Crippen molar-refractivity contribution in [2.45, 2.75) is 57.8 Å². The fraction of sp³-hybridized carbons (Fsp3) is 0.526. The first-order chi connectivity index (χ1) is 11.6. The predicted octanol–water partition coefficient (Wildman–Crippen LogP) is 3.23. The summed E-state index contributed by atoms with van der Waals surface area (Å²) >= 11 is 0. The number of rotatable bonds is 4. The van der Waals surface area contributed by atoms with Gasteiger partial charge in [-0.1, -0.05) is 32.3 Å². The molecule has 5 heteroatoms. The normalized spacial score (nSPS) is 19.3. The van der Waals surface area contributed by atoms with E-state index < -0.39 is 0 Å². The Hall–Kier alpha value is -2.17. The Morgan fingerprint density at radius 3 is 2.92 bits per heavy atom. The Labute approximate surface area is 142 Å². The number of amides is 1. The van der Waals surface area contributed by atoms with Crippen molar-refractivity contribution in [3.05, 3.63) is 35.6 Å². The molecule has 2 aromatic rings. The second-order valence-electron chi connectivity index (χ2n) is 7.22. The first-order valence-corrected chi connectivity index (χ1v) is 8.99. The number of primary amides is 1. The Bertz CT molecular complexity index is 814. The molecule has 24 heavy (non-hydrogen) atoms. The molecular weight excluding hydrogens is 300 g/mol. The molecule has 1 amide bonds. The molecule has 0 bridgehead atoms. The molecule has 1 unspecified atom stereocenters. The van der Waals surface area contributed by atoms with Gasteiger partial charge in [-0.15, -0.1) is 0 Å². The quantitative estimate of drug-likeness (QED) is 0.938. The maximum Gasteiger partial charge on any atom is 0.220 e. The lowest BCUT2D eigenvalue weighted by Gasteiger charge is -2.19. The van der Waals surface area contributed by atoms with Crippen LogP contribution in [0.15, 0.2) is 18.5 Å². The van der Waals surface area contributed by atoms with E-state index in [2.05, 4.69) is 21.7 Å². The number of aromatic nitrogens is 3. The largest absolute Gasteiger partial charge is 0.369 e. The molecule has 2 aromatic heterocycles. The number of hydrogen-bond acceptors (Lipinski definition) is 3. The van der Waals surface area contributed by atoms with Gasteiger partial charge >= 0.3 is 0 Å². The molecule has 126 valence electrons. The van der Waals surface area contributed by atoms with E-state index in [9.17, 15) is 4.79 Å². The van der Waals surface area contributed by atoms with E-state index in [-0.39, 0.29) is 11.8 Å². The summed E-state index contributed by atoms with van der Waals surface area (Å²) in [5.41, 5.74) is 10.9. The number of nitrogens with two attached hydrogens (primary N) is 1. The number of carbonyl (C=O) groups excluding carboxylic acids is 1. The van der Waals surface area contributed by atoms with E-state index in [4.69, 9.17) is 10.7 Å². The fourth-order valence-corrected chi connectivity index (χ4v) is 4.03. The summed E-state index contributed by atoms with van der Waals surface area (Å²) in [5.74, 6) is 0.157. The van der Waals surface area contributed by atoms with Crippen molar-refractivity contribution in [1.29, 1.82) is 0 Å². The molecule has 1 saturated carbocycles. The third-order valence-electron chi connectivity index (χ3n) is 5.48. The molecule has 2 N–H and O–H groups in total. The maximum absolute atomic E-state index is 11.4. The molecule has 5 nitrogen and oxygen atoms in total. The highest BCUT2D eigenvalue weighted by Gasteiger charge is 2.24. The molecule has 4 rings (SSSR count). The van der Waals surface area contributed by atoms with Crippen LogP contribution in [0, 0.1) is 5.92 Å². The third kappa shape index (κ3) is 2.62. The van der Waals surface area contributed by atoms with Crippen molar-refractivity contribution >= 4 is 17.1 Å². The van der Waals surface area contributed by atoms with Crippen molar-refractivity contribution < 1.29 is 4.79 Å². The van der Waals surface area contributed by atoms with E-state index in [0.717, 1.165) is 23.5 Å². The third-order valence-corrected chi connectivity index (χ3v) is 5.48. The minimum absolute atomic E-state index is 0.168. The van der Waals surface area contributed by atoms with Gasteiger partial charge in [-0.3, -0.25) is 14.2 Å². The maximum atomic E-state index is 11.4. The Balaban J connectivity index is 1.71. The fourth-order valence-electron chi connectivity index (χ4n) is 4.03. The van der Waals surface area contributed by atoms with Crippen LogP contribution in [-0.2, 0) is 11.2 Å². The monoisotopic (exact) mass is 324 g/mol. The summed E-state index contributed by atoms with van der Waals surface area (Å²) < 4.78 is 2.18. The van der Waals surface area contributed by atoms with Crippen LogP contribution in [0.25, 0.3) is 11.2 Å². The average molecular weight is 324 g/mol. The van der Waals surface area contributed by atoms with Crippen molar-refractivity contribution in [2.75, 3.05) is 0 Å². The standard InChI is InChI=1S/C19H24N4O/c1-12(19(20)24)9-14-7-8-15-18(14)23-11-16(22-17(23)10-21-15)13-5-3-2-4-6-13/h7,10-13H,2-6,8-9H2,1H3,(H2,20,24). The summed E-state index contributed by atoms with van der Waals surface area (Å²) in [7, 11) is 0. The van der Waals surface area contributed by atoms with Crippen LogP contribution in [0.3, 0.4) is 0 Å². The molecule has 0 aromatic carbocycles. The number of hydrogen-bond donors (Lipinski definition) is 1. The van der Waals surface area contributed by atoms with Crippen LogP contribution in [0.5, 0.6) is 0 Å². The second-order valence-corrected chi connectivity index (χ2v) is 7.22. The Morgan fingerprint density at radius 1 is 1.38 bits per heavy atom. The minimum Gasteiger partial charge on any atom is -0.369 e. The Kier molecular flexibility index (Phi) is 3.87. The zero-order valence-corrected chi connectivity index (χ0v) is 14.2. The van der Waals surface area contributed by atoms with Crippen LogP contribution in [0.4, 0.5) is 0 Å². The molecule has 0 spiro atoms. The van der Waals surface area contributed by atoms with Crippen molar-refractivity contribution in [3.8, 4) is 0 Å². The van der Waals surface area contributed by atoms with Crippen LogP contribution in [-0.4, -0.2) is 20.3 Å². The number of fused-ring (bicyclic) bond motifs is 3. The van der Waals surface area contributed by atoms with E-state index in [1.165, 1.54) is 43.4 Å². The summed E-state index contributed by atoms with van der Waals surface area (Å²) in [6.07, 6.45) is 14.2. The SMILES string of the molecule is CC(CC1=CCc2ncc3nc(C4CCCCC4)cn3c21)C(N)=O. The number of imidazole rings is 1. The van der Waals surface area contributed by atoms with Gasteiger partial charge in [0.2, 0.25) is 5.91 Å². The van der Waals surface area contributed by atoms with Crippen LogP contribution in [0.2, 0.25) is 0 Å². The molecule has 2 heterocycles. The molecular formula is C19H24N4O. The topological polar surface area (TPSA) is 73.3 Å². The smallest absolute Gasteiger partial charge is 0.220 e. The first kappa shape index (κ1) is 15.4. The van der Waals surface area contributed by atoms with Crippen LogP contribution >= 0.6 is 0 Å². The highest BCUT2D eigenvalue weighted by molar-refractivity contribution is 5.80. The van der Waals surface area contributed by atoms with Crippen LogP contribution in [0.1, 0.15) is 68.4 Å². The van der Waals surface area contributed by atoms with Gasteiger partial charge in [-0.05, 0) is 24.8 Å². The number of carbonyl (C=O) groups is 1. The molecule has 2 aliphatic rings. The van der Waals surface area contributed by atoms with E-state index in [0.29, 0.717) is 12.3 Å². The molecule has 0 saturated heterocycles. The number of allylic oxidation sites excluding steroid dienone is 2. The summed E-state index contributed by atoms with van der Waals surface area (Å²) in [6, 6.07) is 0. The second kappa shape index (κ2) is 6.04. The van der Waals surface area contributed by atoms with E-state index >= 15 is 0 Å². The number of nitrogens with zero attached hydrogens (tertiary/aromatic N) is 3. The molecule has 0 aliphatic heterocycles. The van der Waals surface area contributed by atoms with Gasteiger partial charge in [0.15, 0.2) is 5.65 Å². The lowest BCUT2D eigenvalue weighted by Crippen LogP contribution is -2.20. The van der Waals surface area contributed by atoms with Gasteiger partial charge in [0.1, 0.15) is 0 Å². The van der Waals surface area contributed by atoms with Gasteiger partial charge in [0.05, 0.1) is 23.3 Å². The summed E-state index contributed by atoms with van der Waals surface area (Å²) in [6.45, 7) is 1.89. The minimum atomic E-state index is -0.252. The van der Waals surface area contributed by atoms with Crippen LogP contribution < -0.4 is 5.73 Å². The first-order valence-electron chi connectivity index (χ1n) is 8.99. The van der Waals surface area contributed by atoms with Crippen molar-refractivity contribution in [1.82, 2.24) is 14.4 Å². The van der Waals surface area contributed by atoms with Crippen molar-refractivity contribution in [2.24, 2.45) is 11.7 Å². The highest BCUT2D eigenvalue weighted by atomic mass is 16.1. The molecule has 1 fully saturated rings. The Morgan fingerprint density at radius 2 is 2.17 bits per heavy atom. The lowest BCUT2D eigenvalue weighted by molar-refractivity contribution is -0.121. The highest BCUT2D eigenvalue weighted by Crippen LogP contribution is 2.35. The summed E-state index contributed by atoms with van der Waals surface area (Å²) in [4.78, 5) is 20.9. The molecule has 0 radical (unpaired) electrons. The average Bonchev–Trinajstić information content (AvgIpc) is 3.19.